The maximum atomic E-state index is 12.3. The van der Waals surface area contributed by atoms with Gasteiger partial charge >= 0.3 is 19.8 Å². The summed E-state index contributed by atoms with van der Waals surface area (Å²) >= 11 is 0. The van der Waals surface area contributed by atoms with Crippen LogP contribution in [-0.4, -0.2) is 52.3 Å². The second kappa shape index (κ2) is 34.4. The Bertz CT molecular complexity index is 954. The number of hydrogen-bond donors (Lipinski definition) is 3. The van der Waals surface area contributed by atoms with Crippen molar-refractivity contribution in [2.45, 2.75) is 174 Å². The summed E-state index contributed by atoms with van der Waals surface area (Å²) in [6, 6.07) is 0. The standard InChI is InChI=1S/C39H69O9P/c1-3-5-7-8-9-10-11-12-15-19-22-25-29-33-39(42)48-37(35-47-49(43,44)45)34-46-38(41)32-28-24-21-18-16-13-14-17-20-23-27-31-36(40)30-26-6-4-2/h13-14,18,20-21,23,27,31,36-37,40H,3-12,15-17,19,22,24-26,28-30,32-35H2,1-2H3,(H2,43,44,45)/b14-13-,21-18-,23-20-,31-27+/t36-,37-/m1/s1. The van der Waals surface area contributed by atoms with Crippen LogP contribution in [0.15, 0.2) is 48.6 Å². The molecule has 9 nitrogen and oxygen atoms in total. The molecule has 0 heterocycles. The molecule has 0 radical (unpaired) electrons. The Morgan fingerprint density at radius 1 is 0.633 bits per heavy atom. The van der Waals surface area contributed by atoms with Gasteiger partial charge in [-0.25, -0.2) is 4.57 Å². The lowest BCUT2D eigenvalue weighted by molar-refractivity contribution is -0.161. The first-order valence-corrected chi connectivity index (χ1v) is 20.6. The number of phosphoric acid groups is 1. The summed E-state index contributed by atoms with van der Waals surface area (Å²) in [7, 11) is -4.77. The first-order chi connectivity index (χ1) is 23.7. The zero-order chi connectivity index (χ0) is 36.3. The molecule has 10 heteroatoms. The summed E-state index contributed by atoms with van der Waals surface area (Å²) < 4.78 is 26.2. The van der Waals surface area contributed by atoms with Gasteiger partial charge in [-0.3, -0.25) is 14.1 Å². The Morgan fingerprint density at radius 3 is 1.78 bits per heavy atom. The van der Waals surface area contributed by atoms with Crippen LogP contribution in [0.2, 0.25) is 0 Å². The molecule has 0 unspecified atom stereocenters. The van der Waals surface area contributed by atoms with Crippen molar-refractivity contribution in [3.8, 4) is 0 Å². The van der Waals surface area contributed by atoms with E-state index in [0.29, 0.717) is 19.3 Å². The largest absolute Gasteiger partial charge is 0.469 e. The van der Waals surface area contributed by atoms with Gasteiger partial charge in [0.1, 0.15) is 6.61 Å². The van der Waals surface area contributed by atoms with E-state index >= 15 is 0 Å². The lowest BCUT2D eigenvalue weighted by Gasteiger charge is -2.18. The van der Waals surface area contributed by atoms with E-state index in [1.54, 1.807) is 0 Å². The normalized spacial score (nSPS) is 13.7. The molecule has 0 saturated carbocycles. The fourth-order valence-electron chi connectivity index (χ4n) is 5.06. The van der Waals surface area contributed by atoms with Gasteiger partial charge in [0, 0.05) is 12.8 Å². The fourth-order valence-corrected chi connectivity index (χ4v) is 5.42. The average molecular weight is 713 g/mol. The first-order valence-electron chi connectivity index (χ1n) is 19.0. The molecular weight excluding hydrogens is 643 g/mol. The van der Waals surface area contributed by atoms with Crippen molar-refractivity contribution in [1.82, 2.24) is 0 Å². The van der Waals surface area contributed by atoms with E-state index < -0.39 is 32.5 Å². The highest BCUT2D eigenvalue weighted by Gasteiger charge is 2.22. The van der Waals surface area contributed by atoms with E-state index in [1.807, 2.05) is 36.5 Å². The number of hydrogen-bond acceptors (Lipinski definition) is 7. The van der Waals surface area contributed by atoms with Crippen LogP contribution in [0.4, 0.5) is 0 Å². The third-order valence-corrected chi connectivity index (χ3v) is 8.44. The summed E-state index contributed by atoms with van der Waals surface area (Å²) in [4.78, 5) is 42.7. The van der Waals surface area contributed by atoms with Crippen molar-refractivity contribution < 1.29 is 43.0 Å². The smallest absolute Gasteiger partial charge is 0.462 e. The fraction of sp³-hybridized carbons (Fsp3) is 0.744. The van der Waals surface area contributed by atoms with Crippen molar-refractivity contribution in [1.29, 1.82) is 0 Å². The minimum atomic E-state index is -4.77. The van der Waals surface area contributed by atoms with Crippen molar-refractivity contribution in [3.63, 3.8) is 0 Å². The van der Waals surface area contributed by atoms with Gasteiger partial charge in [0.25, 0.3) is 0 Å². The van der Waals surface area contributed by atoms with Gasteiger partial charge in [-0.1, -0.05) is 159 Å². The number of carbonyl (C=O) groups excluding carboxylic acids is 2. The van der Waals surface area contributed by atoms with Crippen LogP contribution in [-0.2, 0) is 28.2 Å². The number of aliphatic hydroxyl groups is 1. The quantitative estimate of drug-likeness (QED) is 0.0195. The maximum absolute atomic E-state index is 12.3. The molecule has 0 saturated heterocycles. The number of aliphatic hydroxyl groups excluding tert-OH is 1. The number of rotatable bonds is 34. The zero-order valence-electron chi connectivity index (χ0n) is 30.7. The highest BCUT2D eigenvalue weighted by molar-refractivity contribution is 7.46. The lowest BCUT2D eigenvalue weighted by atomic mass is 10.0. The van der Waals surface area contributed by atoms with Crippen LogP contribution in [0, 0.1) is 0 Å². The van der Waals surface area contributed by atoms with Crippen LogP contribution in [0.5, 0.6) is 0 Å². The predicted molar refractivity (Wildman–Crippen MR) is 199 cm³/mol. The van der Waals surface area contributed by atoms with Crippen LogP contribution >= 0.6 is 7.82 Å². The molecule has 284 valence electrons. The SMILES string of the molecule is CCCCCCCCCCCCCCCC(=O)O[C@H](COC(=O)CCC/C=C\C/C=C\C/C=C\C=C\[C@H](O)CCCCC)COP(=O)(O)O. The number of ether oxygens (including phenoxy) is 2. The van der Waals surface area contributed by atoms with E-state index in [2.05, 4.69) is 30.5 Å². The molecule has 0 amide bonds. The Hall–Kier alpha value is -2.03. The Morgan fingerprint density at radius 2 is 1.16 bits per heavy atom. The van der Waals surface area contributed by atoms with Crippen LogP contribution < -0.4 is 0 Å². The van der Waals surface area contributed by atoms with E-state index in [0.717, 1.165) is 57.8 Å². The third-order valence-electron chi connectivity index (χ3n) is 7.95. The van der Waals surface area contributed by atoms with Gasteiger partial charge in [-0.15, -0.1) is 0 Å². The average Bonchev–Trinajstić information content (AvgIpc) is 3.06. The Kier molecular flexibility index (Phi) is 33.0. The van der Waals surface area contributed by atoms with Gasteiger partial charge < -0.3 is 24.4 Å². The first kappa shape index (κ1) is 47.0. The minimum Gasteiger partial charge on any atom is -0.462 e. The van der Waals surface area contributed by atoms with Crippen molar-refractivity contribution in [2.75, 3.05) is 13.2 Å². The van der Waals surface area contributed by atoms with Crippen molar-refractivity contribution >= 4 is 19.8 Å². The molecule has 0 aliphatic rings. The molecule has 0 aliphatic carbocycles. The summed E-state index contributed by atoms with van der Waals surface area (Å²) in [5.74, 6) is -0.977. The number of esters is 2. The molecule has 0 spiro atoms. The predicted octanol–water partition coefficient (Wildman–Crippen LogP) is 10.1. The Labute approximate surface area is 297 Å². The highest BCUT2D eigenvalue weighted by atomic mass is 31.2. The van der Waals surface area contributed by atoms with Gasteiger partial charge in [0.2, 0.25) is 0 Å². The third kappa shape index (κ3) is 37.1. The number of carbonyl (C=O) groups is 2. The molecule has 0 aromatic heterocycles. The summed E-state index contributed by atoms with van der Waals surface area (Å²) in [6.07, 6.45) is 37.3. The maximum Gasteiger partial charge on any atom is 0.469 e. The molecule has 0 aromatic carbocycles. The summed E-state index contributed by atoms with van der Waals surface area (Å²) in [6.45, 7) is 3.50. The van der Waals surface area contributed by atoms with Crippen LogP contribution in [0.3, 0.4) is 0 Å². The van der Waals surface area contributed by atoms with Crippen LogP contribution in [0.1, 0.15) is 162 Å². The van der Waals surface area contributed by atoms with Gasteiger partial charge in [-0.2, -0.15) is 0 Å². The summed E-state index contributed by atoms with van der Waals surface area (Å²) in [5, 5.41) is 9.85. The van der Waals surface area contributed by atoms with E-state index in [-0.39, 0.29) is 25.6 Å². The number of phosphoric ester groups is 1. The van der Waals surface area contributed by atoms with E-state index in [9.17, 15) is 19.3 Å². The second-order valence-corrected chi connectivity index (χ2v) is 14.0. The Balaban J connectivity index is 4.11. The van der Waals surface area contributed by atoms with Crippen LogP contribution in [0.25, 0.3) is 0 Å². The van der Waals surface area contributed by atoms with Crippen molar-refractivity contribution in [3.05, 3.63) is 48.6 Å². The number of unbranched alkanes of at least 4 members (excludes halogenated alkanes) is 15. The molecule has 2 atom stereocenters. The molecule has 0 aromatic rings. The lowest BCUT2D eigenvalue weighted by Crippen LogP contribution is -2.29. The van der Waals surface area contributed by atoms with Crippen molar-refractivity contribution in [2.24, 2.45) is 0 Å². The highest BCUT2D eigenvalue weighted by Crippen LogP contribution is 2.36. The topological polar surface area (TPSA) is 140 Å². The molecule has 0 fully saturated rings. The van der Waals surface area contributed by atoms with Gasteiger partial charge in [0.15, 0.2) is 6.10 Å². The van der Waals surface area contributed by atoms with Gasteiger partial charge in [0.05, 0.1) is 12.7 Å². The molecule has 3 N–H and O–H groups in total. The zero-order valence-corrected chi connectivity index (χ0v) is 31.6. The molecular formula is C39H69O9P. The minimum absolute atomic E-state index is 0.171. The van der Waals surface area contributed by atoms with E-state index in [1.165, 1.54) is 57.8 Å². The molecule has 49 heavy (non-hydrogen) atoms. The second-order valence-electron chi connectivity index (χ2n) is 12.8. The molecule has 0 bridgehead atoms. The van der Waals surface area contributed by atoms with E-state index in [4.69, 9.17) is 19.3 Å². The molecule has 0 rings (SSSR count). The monoisotopic (exact) mass is 712 g/mol. The number of allylic oxidation sites excluding steroid dienone is 7. The molecule has 0 aliphatic heterocycles. The summed E-state index contributed by atoms with van der Waals surface area (Å²) in [5.41, 5.74) is 0. The van der Waals surface area contributed by atoms with Gasteiger partial charge in [-0.05, 0) is 38.5 Å².